The molecule has 0 amide bonds. The zero-order valence-electron chi connectivity index (χ0n) is 9.42. The van der Waals surface area contributed by atoms with Gasteiger partial charge in [0.15, 0.2) is 5.22 Å². The molecule has 2 N–H and O–H groups in total. The molecule has 4 heteroatoms. The van der Waals surface area contributed by atoms with Gasteiger partial charge in [0.1, 0.15) is 5.76 Å². The topological polar surface area (TPSA) is 39.2 Å². The van der Waals surface area contributed by atoms with Crippen molar-refractivity contribution in [2.45, 2.75) is 31.8 Å². The summed E-state index contributed by atoms with van der Waals surface area (Å²) in [5, 5.41) is 0.882. The third-order valence-electron chi connectivity index (χ3n) is 2.24. The van der Waals surface area contributed by atoms with Gasteiger partial charge in [-0.3, -0.25) is 0 Å². The Balaban J connectivity index is 2.48. The third kappa shape index (κ3) is 4.09. The van der Waals surface area contributed by atoms with Crippen LogP contribution in [-0.2, 0) is 5.75 Å². The van der Waals surface area contributed by atoms with E-state index in [4.69, 9.17) is 21.8 Å². The number of halogens is 1. The molecule has 1 unspecified atom stereocenters. The lowest BCUT2D eigenvalue weighted by Gasteiger charge is -2.28. The van der Waals surface area contributed by atoms with Crippen molar-refractivity contribution in [3.63, 3.8) is 0 Å². The van der Waals surface area contributed by atoms with Crippen LogP contribution in [0.3, 0.4) is 0 Å². The van der Waals surface area contributed by atoms with E-state index in [2.05, 4.69) is 20.8 Å². The van der Waals surface area contributed by atoms with Gasteiger partial charge in [-0.05, 0) is 29.1 Å². The average molecular weight is 248 g/mol. The first-order valence-corrected chi connectivity index (χ1v) is 6.42. The van der Waals surface area contributed by atoms with E-state index in [0.29, 0.717) is 17.0 Å². The number of hydrogen-bond acceptors (Lipinski definition) is 3. The van der Waals surface area contributed by atoms with Crippen molar-refractivity contribution in [1.82, 2.24) is 0 Å². The fraction of sp³-hybridized carbons (Fsp3) is 0.636. The summed E-state index contributed by atoms with van der Waals surface area (Å²) >= 11 is 7.52. The van der Waals surface area contributed by atoms with Gasteiger partial charge in [0.2, 0.25) is 0 Å². The van der Waals surface area contributed by atoms with Crippen LogP contribution < -0.4 is 5.73 Å². The van der Waals surface area contributed by atoms with Gasteiger partial charge in [-0.15, -0.1) is 11.8 Å². The molecule has 0 spiro atoms. The molecule has 0 fully saturated rings. The Morgan fingerprint density at radius 2 is 2.13 bits per heavy atom. The highest BCUT2D eigenvalue weighted by atomic mass is 35.5. The Kier molecular flexibility index (Phi) is 4.56. The zero-order chi connectivity index (χ0) is 11.5. The summed E-state index contributed by atoms with van der Waals surface area (Å²) in [4.78, 5) is 0. The molecule has 0 radical (unpaired) electrons. The summed E-state index contributed by atoms with van der Waals surface area (Å²) < 4.78 is 5.29. The normalized spacial score (nSPS) is 14.2. The Hall–Kier alpha value is -0.120. The van der Waals surface area contributed by atoms with Crippen LogP contribution in [0, 0.1) is 5.41 Å². The molecule has 1 aromatic rings. The number of rotatable bonds is 4. The second-order valence-electron chi connectivity index (χ2n) is 4.61. The highest BCUT2D eigenvalue weighted by Gasteiger charge is 2.23. The van der Waals surface area contributed by atoms with Gasteiger partial charge in [-0.2, -0.15) is 0 Å². The van der Waals surface area contributed by atoms with Gasteiger partial charge < -0.3 is 10.2 Å². The van der Waals surface area contributed by atoms with E-state index in [9.17, 15) is 0 Å². The molecule has 1 rings (SSSR count). The van der Waals surface area contributed by atoms with Crippen molar-refractivity contribution in [1.29, 1.82) is 0 Å². The first-order valence-electron chi connectivity index (χ1n) is 4.99. The van der Waals surface area contributed by atoms with Gasteiger partial charge in [0, 0.05) is 11.8 Å². The average Bonchev–Trinajstić information content (AvgIpc) is 2.50. The lowest BCUT2D eigenvalue weighted by molar-refractivity contribution is 0.398. The second-order valence-corrected chi connectivity index (χ2v) is 6.17. The predicted molar refractivity (Wildman–Crippen MR) is 67.3 cm³/mol. The molecule has 0 bridgehead atoms. The van der Waals surface area contributed by atoms with Gasteiger partial charge in [0.25, 0.3) is 0 Å². The minimum Gasteiger partial charge on any atom is -0.449 e. The van der Waals surface area contributed by atoms with E-state index in [1.54, 1.807) is 6.07 Å². The van der Waals surface area contributed by atoms with E-state index < -0.39 is 0 Å². The summed E-state index contributed by atoms with van der Waals surface area (Å²) in [5.74, 6) is 1.74. The summed E-state index contributed by atoms with van der Waals surface area (Å²) in [6.45, 7) is 7.29. The van der Waals surface area contributed by atoms with Crippen LogP contribution in [0.1, 0.15) is 26.5 Å². The maximum atomic E-state index is 5.75. The molecule has 0 aliphatic carbocycles. The Bertz CT molecular complexity index is 306. The number of furan rings is 1. The summed E-state index contributed by atoms with van der Waals surface area (Å²) in [6.07, 6.45) is 0. The van der Waals surface area contributed by atoms with Crippen LogP contribution in [0.4, 0.5) is 0 Å². The van der Waals surface area contributed by atoms with E-state index in [-0.39, 0.29) is 5.41 Å². The molecule has 0 aromatic carbocycles. The largest absolute Gasteiger partial charge is 0.449 e. The van der Waals surface area contributed by atoms with Gasteiger partial charge in [-0.1, -0.05) is 20.8 Å². The lowest BCUT2D eigenvalue weighted by atomic mass is 9.92. The first-order chi connectivity index (χ1) is 6.93. The fourth-order valence-electron chi connectivity index (χ4n) is 1.28. The van der Waals surface area contributed by atoms with Crippen LogP contribution in [0.25, 0.3) is 0 Å². The Morgan fingerprint density at radius 3 is 2.53 bits per heavy atom. The third-order valence-corrected chi connectivity index (χ3v) is 4.19. The van der Waals surface area contributed by atoms with Gasteiger partial charge >= 0.3 is 0 Å². The molecule has 1 heterocycles. The van der Waals surface area contributed by atoms with Crippen molar-refractivity contribution in [2.24, 2.45) is 11.1 Å². The van der Waals surface area contributed by atoms with E-state index in [1.807, 2.05) is 17.8 Å². The van der Waals surface area contributed by atoms with Gasteiger partial charge in [-0.25, -0.2) is 0 Å². The summed E-state index contributed by atoms with van der Waals surface area (Å²) in [7, 11) is 0. The minimum atomic E-state index is 0.218. The molecule has 1 atom stereocenters. The van der Waals surface area contributed by atoms with E-state index >= 15 is 0 Å². The first kappa shape index (κ1) is 12.9. The molecule has 2 nitrogen and oxygen atoms in total. The maximum Gasteiger partial charge on any atom is 0.193 e. The molecule has 0 saturated carbocycles. The van der Waals surface area contributed by atoms with E-state index in [0.717, 1.165) is 11.5 Å². The van der Waals surface area contributed by atoms with Crippen LogP contribution in [0.15, 0.2) is 16.5 Å². The molecular weight excluding hydrogens is 230 g/mol. The highest BCUT2D eigenvalue weighted by molar-refractivity contribution is 7.99. The van der Waals surface area contributed by atoms with Crippen LogP contribution in [0.2, 0.25) is 5.22 Å². The van der Waals surface area contributed by atoms with Crippen molar-refractivity contribution >= 4 is 23.4 Å². The molecule has 0 saturated heterocycles. The van der Waals surface area contributed by atoms with Crippen LogP contribution in [0.5, 0.6) is 0 Å². The van der Waals surface area contributed by atoms with Crippen LogP contribution >= 0.6 is 23.4 Å². The lowest BCUT2D eigenvalue weighted by Crippen LogP contribution is -2.30. The Labute approximate surface area is 101 Å². The van der Waals surface area contributed by atoms with Crippen molar-refractivity contribution in [2.75, 3.05) is 6.54 Å². The SMILES string of the molecule is CC(C)(C)C(CN)SCc1ccc(Cl)o1. The van der Waals surface area contributed by atoms with Crippen LogP contribution in [-0.4, -0.2) is 11.8 Å². The Morgan fingerprint density at radius 1 is 1.47 bits per heavy atom. The quantitative estimate of drug-likeness (QED) is 0.885. The smallest absolute Gasteiger partial charge is 0.193 e. The molecule has 1 aromatic heterocycles. The number of nitrogens with two attached hydrogens (primary N) is 1. The molecular formula is C11H18ClNOS. The zero-order valence-corrected chi connectivity index (χ0v) is 11.0. The monoisotopic (exact) mass is 247 g/mol. The standard InChI is InChI=1S/C11H18ClNOS/c1-11(2,3)9(6-13)15-7-8-4-5-10(12)14-8/h4-5,9H,6-7,13H2,1-3H3. The summed E-state index contributed by atoms with van der Waals surface area (Å²) in [5.41, 5.74) is 5.97. The molecule has 0 aliphatic heterocycles. The van der Waals surface area contributed by atoms with Gasteiger partial charge in [0.05, 0.1) is 5.75 Å². The second kappa shape index (κ2) is 5.28. The number of hydrogen-bond donors (Lipinski definition) is 1. The van der Waals surface area contributed by atoms with E-state index in [1.165, 1.54) is 0 Å². The van der Waals surface area contributed by atoms with Crippen molar-refractivity contribution in [3.05, 3.63) is 23.1 Å². The predicted octanol–water partition coefficient (Wildman–Crippen LogP) is 3.54. The molecule has 86 valence electrons. The fourth-order valence-corrected chi connectivity index (χ4v) is 2.60. The molecule has 15 heavy (non-hydrogen) atoms. The molecule has 0 aliphatic rings. The minimum absolute atomic E-state index is 0.218. The van der Waals surface area contributed by atoms with Crippen molar-refractivity contribution < 1.29 is 4.42 Å². The summed E-state index contributed by atoms with van der Waals surface area (Å²) in [6, 6.07) is 3.68. The van der Waals surface area contributed by atoms with Crippen molar-refractivity contribution in [3.8, 4) is 0 Å². The highest BCUT2D eigenvalue weighted by Crippen LogP contribution is 2.32. The maximum absolute atomic E-state index is 5.75. The number of thioether (sulfide) groups is 1.